The quantitative estimate of drug-likeness (QED) is 0.150. The highest BCUT2D eigenvalue weighted by Crippen LogP contribution is 2.64. The van der Waals surface area contributed by atoms with E-state index in [1.807, 2.05) is 0 Å². The number of nitrogens with zero attached hydrogens (tertiary/aromatic N) is 2. The van der Waals surface area contributed by atoms with Crippen molar-refractivity contribution in [2.24, 2.45) is 0 Å². The minimum Gasteiger partial charge on any atom is -0.310 e. The molecular weight excluding hydrogens is 1010 g/mol. The van der Waals surface area contributed by atoms with Crippen LogP contribution >= 0.6 is 0 Å². The molecule has 0 fully saturated rings. The summed E-state index contributed by atoms with van der Waals surface area (Å²) in [6, 6.07) is 98.8. The maximum atomic E-state index is 2.50. The number of hydrogen-bond donors (Lipinski definition) is 0. The van der Waals surface area contributed by atoms with Crippen molar-refractivity contribution in [3.8, 4) is 66.8 Å². The molecule has 0 heterocycles. The van der Waals surface area contributed by atoms with Gasteiger partial charge in [0.1, 0.15) is 0 Å². The molecule has 2 heteroatoms. The molecule has 0 aromatic heterocycles. The molecular formula is C82H64N2. The van der Waals surface area contributed by atoms with Gasteiger partial charge >= 0.3 is 0 Å². The molecule has 12 aromatic carbocycles. The van der Waals surface area contributed by atoms with Crippen molar-refractivity contribution in [2.45, 2.75) is 64.7 Å². The highest BCUT2D eigenvalue weighted by atomic mass is 15.1. The molecule has 402 valence electrons. The summed E-state index contributed by atoms with van der Waals surface area (Å²) in [6.45, 7) is 16.3. The van der Waals surface area contributed by atoms with Crippen LogP contribution in [0.3, 0.4) is 0 Å². The predicted molar refractivity (Wildman–Crippen MR) is 352 cm³/mol. The molecule has 0 amide bonds. The van der Waals surface area contributed by atoms with Gasteiger partial charge in [-0.2, -0.15) is 0 Å². The summed E-state index contributed by atoms with van der Waals surface area (Å²) in [6.07, 6.45) is 0. The van der Waals surface area contributed by atoms with Crippen LogP contribution in [0.2, 0.25) is 0 Å². The third-order valence-electron chi connectivity index (χ3n) is 19.5. The Morgan fingerprint density at radius 1 is 0.226 bits per heavy atom. The molecule has 2 nitrogen and oxygen atoms in total. The van der Waals surface area contributed by atoms with Crippen molar-refractivity contribution in [1.29, 1.82) is 0 Å². The maximum Gasteiger partial charge on any atom is 0.0726 e. The van der Waals surface area contributed by atoms with Crippen LogP contribution in [0, 0.1) is 20.8 Å². The highest BCUT2D eigenvalue weighted by molar-refractivity contribution is 5.97. The summed E-state index contributed by atoms with van der Waals surface area (Å²) in [7, 11) is 0. The molecule has 0 saturated heterocycles. The third kappa shape index (κ3) is 7.23. The number of aryl methyl sites for hydroxylation is 3. The van der Waals surface area contributed by atoms with Crippen molar-refractivity contribution in [2.75, 3.05) is 9.80 Å². The molecule has 12 aromatic rings. The first-order valence-electron chi connectivity index (χ1n) is 29.8. The Kier molecular flexibility index (Phi) is 10.9. The first kappa shape index (κ1) is 50.0. The molecule has 0 aliphatic heterocycles. The van der Waals surface area contributed by atoms with Crippen molar-refractivity contribution in [1.82, 2.24) is 0 Å². The van der Waals surface area contributed by atoms with Crippen LogP contribution in [0.25, 0.3) is 66.8 Å². The Hall–Kier alpha value is -9.76. The zero-order valence-electron chi connectivity index (χ0n) is 48.7. The lowest BCUT2D eigenvalue weighted by Gasteiger charge is -2.32. The molecule has 4 aliphatic rings. The average Bonchev–Trinajstić information content (AvgIpc) is 1.59. The van der Waals surface area contributed by atoms with Crippen LogP contribution in [0.5, 0.6) is 0 Å². The van der Waals surface area contributed by atoms with E-state index >= 15 is 0 Å². The van der Waals surface area contributed by atoms with E-state index in [2.05, 4.69) is 319 Å². The second-order valence-electron chi connectivity index (χ2n) is 25.1. The molecule has 1 spiro atoms. The van der Waals surface area contributed by atoms with E-state index in [1.54, 1.807) is 0 Å². The smallest absolute Gasteiger partial charge is 0.0726 e. The maximum absolute atomic E-state index is 2.50. The minimum atomic E-state index is -0.453. The SMILES string of the molecule is Cc1ccc2c(c1)C(C)(C)c1cc(N(c3ccc(-c4ccc(N(c5ccc(-c6ccccc6)cc5)c5ccc6c(c5)C5(c7ccccc7-c7ccccc75)c5ccccc5-6)cc4)c(C)c3)c3ccc4c(c3)C(C)(C)c3cc(C)ccc3-4)ccc1-2. The van der Waals surface area contributed by atoms with Crippen molar-refractivity contribution < 1.29 is 0 Å². The summed E-state index contributed by atoms with van der Waals surface area (Å²) >= 11 is 0. The zero-order valence-corrected chi connectivity index (χ0v) is 48.7. The molecule has 0 atom stereocenters. The largest absolute Gasteiger partial charge is 0.310 e. The van der Waals surface area contributed by atoms with Gasteiger partial charge in [-0.1, -0.05) is 227 Å². The predicted octanol–water partition coefficient (Wildman–Crippen LogP) is 21.8. The van der Waals surface area contributed by atoms with E-state index in [9.17, 15) is 0 Å². The summed E-state index contributed by atoms with van der Waals surface area (Å²) < 4.78 is 0. The van der Waals surface area contributed by atoms with Crippen molar-refractivity contribution in [3.63, 3.8) is 0 Å². The van der Waals surface area contributed by atoms with Gasteiger partial charge in [0.2, 0.25) is 0 Å². The van der Waals surface area contributed by atoms with E-state index in [-0.39, 0.29) is 10.8 Å². The number of benzene rings is 12. The lowest BCUT2D eigenvalue weighted by atomic mass is 9.70. The topological polar surface area (TPSA) is 6.48 Å². The van der Waals surface area contributed by atoms with Crippen LogP contribution in [0.15, 0.2) is 261 Å². The lowest BCUT2D eigenvalue weighted by Crippen LogP contribution is -2.26. The Bertz CT molecular complexity index is 4510. The van der Waals surface area contributed by atoms with Gasteiger partial charge in [0.25, 0.3) is 0 Å². The van der Waals surface area contributed by atoms with Crippen LogP contribution in [-0.2, 0) is 16.2 Å². The Labute approximate surface area is 494 Å². The van der Waals surface area contributed by atoms with Gasteiger partial charge in [0, 0.05) is 45.0 Å². The first-order valence-corrected chi connectivity index (χ1v) is 29.8. The van der Waals surface area contributed by atoms with Crippen LogP contribution in [-0.4, -0.2) is 0 Å². The average molecular weight is 1080 g/mol. The van der Waals surface area contributed by atoms with E-state index in [0.717, 1.165) is 34.1 Å². The summed E-state index contributed by atoms with van der Waals surface area (Å²) in [5, 5.41) is 0. The van der Waals surface area contributed by atoms with Gasteiger partial charge < -0.3 is 9.80 Å². The van der Waals surface area contributed by atoms with Gasteiger partial charge in [0.05, 0.1) is 5.41 Å². The highest BCUT2D eigenvalue weighted by Gasteiger charge is 2.52. The Morgan fingerprint density at radius 2 is 0.536 bits per heavy atom. The zero-order chi connectivity index (χ0) is 56.8. The normalized spacial score (nSPS) is 14.4. The number of hydrogen-bond acceptors (Lipinski definition) is 2. The molecule has 0 unspecified atom stereocenters. The molecule has 84 heavy (non-hydrogen) atoms. The van der Waals surface area contributed by atoms with Gasteiger partial charge in [-0.05, 0) is 210 Å². The van der Waals surface area contributed by atoms with Gasteiger partial charge in [-0.3, -0.25) is 0 Å². The fourth-order valence-corrected chi connectivity index (χ4v) is 15.4. The fourth-order valence-electron chi connectivity index (χ4n) is 15.4. The molecule has 4 aliphatic carbocycles. The van der Waals surface area contributed by atoms with E-state index in [4.69, 9.17) is 0 Å². The van der Waals surface area contributed by atoms with Gasteiger partial charge in [-0.15, -0.1) is 0 Å². The van der Waals surface area contributed by atoms with E-state index in [0.29, 0.717) is 0 Å². The number of fused-ring (bicyclic) bond motifs is 16. The van der Waals surface area contributed by atoms with E-state index < -0.39 is 5.41 Å². The van der Waals surface area contributed by atoms with Crippen LogP contribution in [0.1, 0.15) is 88.9 Å². The fraction of sp³-hybridized carbons (Fsp3) is 0.122. The van der Waals surface area contributed by atoms with Gasteiger partial charge in [0.15, 0.2) is 0 Å². The van der Waals surface area contributed by atoms with Crippen molar-refractivity contribution >= 4 is 34.1 Å². The molecule has 0 saturated carbocycles. The first-order chi connectivity index (χ1) is 40.9. The molecule has 0 radical (unpaired) electrons. The second-order valence-corrected chi connectivity index (χ2v) is 25.1. The Morgan fingerprint density at radius 3 is 0.988 bits per heavy atom. The third-order valence-corrected chi connectivity index (χ3v) is 19.5. The second kappa shape index (κ2) is 18.4. The van der Waals surface area contributed by atoms with Gasteiger partial charge in [-0.25, -0.2) is 0 Å². The summed E-state index contributed by atoms with van der Waals surface area (Å²) in [4.78, 5) is 4.95. The number of anilines is 6. The molecule has 16 rings (SSSR count). The summed E-state index contributed by atoms with van der Waals surface area (Å²) in [5.74, 6) is 0. The molecule has 0 N–H and O–H groups in total. The van der Waals surface area contributed by atoms with Crippen LogP contribution < -0.4 is 9.80 Å². The summed E-state index contributed by atoms with van der Waals surface area (Å²) in [5.41, 5.74) is 36.0. The number of rotatable bonds is 8. The minimum absolute atomic E-state index is 0.145. The Balaban J connectivity index is 0.806. The van der Waals surface area contributed by atoms with E-state index in [1.165, 1.54) is 128 Å². The van der Waals surface area contributed by atoms with Crippen molar-refractivity contribution in [3.05, 3.63) is 322 Å². The van der Waals surface area contributed by atoms with Crippen LogP contribution in [0.4, 0.5) is 34.1 Å². The molecule has 0 bridgehead atoms. The standard InChI is InChI=1S/C82H64N2/c1-51-25-39-67-69-42-36-60(48-77(69)80(4,5)75(67)45-51)84(61-37-43-70-68-40-26-52(2)46-76(68)81(6,7)78(70)49-61)59-35-41-63(53(3)47-59)56-29-33-58(34-30-56)83(57-31-27-55(28-32-57)54-17-9-8-10-18-54)62-38-44-71-66-21-13-16-24-74(66)82(79(71)50-62)72-22-14-11-19-64(72)65-20-12-15-23-73(65)82/h8-50H,1-7H3. The monoisotopic (exact) mass is 1080 g/mol. The lowest BCUT2D eigenvalue weighted by molar-refractivity contribution is 0.659.